The molecule has 4 unspecified atom stereocenters. The first-order valence-electron chi connectivity index (χ1n) is 5.78. The molecule has 74 valence electrons. The predicted molar refractivity (Wildman–Crippen MR) is 60.0 cm³/mol. The monoisotopic (exact) mass is 178 g/mol. The molecule has 1 aliphatic carbocycles. The number of hydrogen-bond acceptors (Lipinski definition) is 0. The summed E-state index contributed by atoms with van der Waals surface area (Å²) < 4.78 is 0. The van der Waals surface area contributed by atoms with Crippen molar-refractivity contribution in [1.82, 2.24) is 0 Å². The van der Waals surface area contributed by atoms with Crippen molar-refractivity contribution in [3.05, 3.63) is 0 Å². The highest BCUT2D eigenvalue weighted by Gasteiger charge is 2.30. The summed E-state index contributed by atoms with van der Waals surface area (Å²) in [4.78, 5) is 0. The molecule has 0 aromatic carbocycles. The topological polar surface area (TPSA) is 0 Å². The van der Waals surface area contributed by atoms with Gasteiger partial charge in [-0.1, -0.05) is 39.9 Å². The van der Waals surface area contributed by atoms with Crippen LogP contribution in [0.1, 0.15) is 47.0 Å². The highest BCUT2D eigenvalue weighted by molar-refractivity contribution is 6.11. The second-order valence-corrected chi connectivity index (χ2v) is 5.32. The van der Waals surface area contributed by atoms with Crippen LogP contribution in [-0.2, 0) is 0 Å². The van der Waals surface area contributed by atoms with Crippen LogP contribution in [0.2, 0.25) is 5.82 Å². The van der Waals surface area contributed by atoms with Crippen LogP contribution in [0.5, 0.6) is 0 Å². The molecule has 2 radical (unpaired) electrons. The lowest BCUT2D eigenvalue weighted by Gasteiger charge is -2.38. The molecule has 0 spiro atoms. The van der Waals surface area contributed by atoms with Crippen molar-refractivity contribution in [3.63, 3.8) is 0 Å². The van der Waals surface area contributed by atoms with Gasteiger partial charge in [-0.2, -0.15) is 0 Å². The Morgan fingerprint density at radius 1 is 1.15 bits per heavy atom. The molecule has 0 N–H and O–H groups in total. The normalized spacial score (nSPS) is 37.8. The maximum absolute atomic E-state index is 6.02. The zero-order valence-corrected chi connectivity index (χ0v) is 9.59. The van der Waals surface area contributed by atoms with E-state index in [0.29, 0.717) is 5.82 Å². The Hall–Kier alpha value is 0.0649. The summed E-state index contributed by atoms with van der Waals surface area (Å²) in [5, 5.41) is 0. The van der Waals surface area contributed by atoms with E-state index in [-0.39, 0.29) is 0 Å². The summed E-state index contributed by atoms with van der Waals surface area (Å²) in [5.41, 5.74) is 0. The van der Waals surface area contributed by atoms with Gasteiger partial charge in [-0.25, -0.2) is 0 Å². The highest BCUT2D eigenvalue weighted by Crippen LogP contribution is 2.41. The first kappa shape index (κ1) is 11.1. The molecule has 0 aromatic rings. The lowest BCUT2D eigenvalue weighted by Crippen LogP contribution is -2.28. The quantitative estimate of drug-likeness (QED) is 0.566. The van der Waals surface area contributed by atoms with Gasteiger partial charge in [-0.05, 0) is 36.5 Å². The minimum Gasteiger partial charge on any atom is -0.0771 e. The van der Waals surface area contributed by atoms with E-state index in [2.05, 4.69) is 27.7 Å². The summed E-state index contributed by atoms with van der Waals surface area (Å²) >= 11 is 0. The Kier molecular flexibility index (Phi) is 3.88. The van der Waals surface area contributed by atoms with Crippen LogP contribution in [-0.4, -0.2) is 7.85 Å². The molecule has 0 aromatic heterocycles. The van der Waals surface area contributed by atoms with Crippen molar-refractivity contribution in [3.8, 4) is 0 Å². The third kappa shape index (κ3) is 2.75. The van der Waals surface area contributed by atoms with Crippen molar-refractivity contribution in [2.24, 2.45) is 23.7 Å². The molecule has 0 saturated heterocycles. The average Bonchev–Trinajstić information content (AvgIpc) is 2.04. The van der Waals surface area contributed by atoms with Gasteiger partial charge in [-0.15, -0.1) is 0 Å². The van der Waals surface area contributed by atoms with E-state index >= 15 is 0 Å². The second-order valence-electron chi connectivity index (χ2n) is 5.32. The molecule has 13 heavy (non-hydrogen) atoms. The second kappa shape index (κ2) is 4.53. The van der Waals surface area contributed by atoms with Crippen molar-refractivity contribution in [1.29, 1.82) is 0 Å². The predicted octanol–water partition coefficient (Wildman–Crippen LogP) is 3.67. The molecule has 1 rings (SSSR count). The van der Waals surface area contributed by atoms with Crippen molar-refractivity contribution < 1.29 is 0 Å². The molecule has 1 aliphatic rings. The van der Waals surface area contributed by atoms with Crippen LogP contribution in [0.4, 0.5) is 0 Å². The maximum Gasteiger partial charge on any atom is 0.0699 e. The van der Waals surface area contributed by atoms with Crippen LogP contribution in [0.15, 0.2) is 0 Å². The zero-order chi connectivity index (χ0) is 10.0. The smallest absolute Gasteiger partial charge is 0.0699 e. The largest absolute Gasteiger partial charge is 0.0771 e. The van der Waals surface area contributed by atoms with Gasteiger partial charge in [0.05, 0.1) is 7.85 Å². The first-order valence-corrected chi connectivity index (χ1v) is 5.78. The zero-order valence-electron chi connectivity index (χ0n) is 9.59. The van der Waals surface area contributed by atoms with E-state index in [0.717, 1.165) is 23.7 Å². The Labute approximate surface area is 84.9 Å². The maximum atomic E-state index is 6.02. The van der Waals surface area contributed by atoms with E-state index in [1.807, 2.05) is 0 Å². The summed E-state index contributed by atoms with van der Waals surface area (Å²) in [6.45, 7) is 9.23. The van der Waals surface area contributed by atoms with Gasteiger partial charge in [0.25, 0.3) is 0 Å². The van der Waals surface area contributed by atoms with Crippen molar-refractivity contribution >= 4 is 7.85 Å². The Morgan fingerprint density at radius 3 is 2.23 bits per heavy atom. The van der Waals surface area contributed by atoms with Crippen LogP contribution in [0, 0.1) is 23.7 Å². The lowest BCUT2D eigenvalue weighted by molar-refractivity contribution is 0.155. The molecule has 0 aliphatic heterocycles. The molecule has 0 bridgehead atoms. The molecule has 0 heterocycles. The van der Waals surface area contributed by atoms with E-state index in [1.165, 1.54) is 19.3 Å². The van der Waals surface area contributed by atoms with Gasteiger partial charge in [-0.3, -0.25) is 0 Å². The molecule has 0 nitrogen and oxygen atoms in total. The fourth-order valence-corrected chi connectivity index (χ4v) is 2.73. The SMILES string of the molecule is [B]C(C)C1CC(C(C)C)CCC1C. The average molecular weight is 178 g/mol. The van der Waals surface area contributed by atoms with Gasteiger partial charge in [0, 0.05) is 0 Å². The summed E-state index contributed by atoms with van der Waals surface area (Å²) in [5.74, 6) is 3.76. The molecular weight excluding hydrogens is 155 g/mol. The van der Waals surface area contributed by atoms with Crippen molar-refractivity contribution in [2.75, 3.05) is 0 Å². The van der Waals surface area contributed by atoms with Crippen LogP contribution >= 0.6 is 0 Å². The van der Waals surface area contributed by atoms with Gasteiger partial charge in [0.1, 0.15) is 0 Å². The van der Waals surface area contributed by atoms with E-state index in [1.54, 1.807) is 0 Å². The third-order valence-corrected chi connectivity index (χ3v) is 3.92. The van der Waals surface area contributed by atoms with Crippen LogP contribution in [0.25, 0.3) is 0 Å². The Balaban J connectivity index is 2.53. The molecule has 1 heteroatoms. The molecule has 4 atom stereocenters. The minimum absolute atomic E-state index is 0.386. The summed E-state index contributed by atoms with van der Waals surface area (Å²) in [6.07, 6.45) is 4.16. The van der Waals surface area contributed by atoms with E-state index < -0.39 is 0 Å². The van der Waals surface area contributed by atoms with Gasteiger partial charge in [0.15, 0.2) is 0 Å². The molecular formula is C12H23B. The number of hydrogen-bond donors (Lipinski definition) is 0. The third-order valence-electron chi connectivity index (χ3n) is 3.92. The molecule has 0 amide bonds. The van der Waals surface area contributed by atoms with Gasteiger partial charge >= 0.3 is 0 Å². The van der Waals surface area contributed by atoms with Crippen molar-refractivity contribution in [2.45, 2.75) is 52.8 Å². The minimum atomic E-state index is 0.386. The van der Waals surface area contributed by atoms with Crippen LogP contribution in [0.3, 0.4) is 0 Å². The van der Waals surface area contributed by atoms with E-state index in [9.17, 15) is 0 Å². The fraction of sp³-hybridized carbons (Fsp3) is 1.00. The van der Waals surface area contributed by atoms with Gasteiger partial charge in [0.2, 0.25) is 0 Å². The molecule has 1 fully saturated rings. The first-order chi connectivity index (χ1) is 6.02. The lowest BCUT2D eigenvalue weighted by atomic mass is 9.62. The fourth-order valence-electron chi connectivity index (χ4n) is 2.73. The Morgan fingerprint density at radius 2 is 1.77 bits per heavy atom. The number of rotatable bonds is 2. The standard InChI is InChI=1S/C12H23B/c1-8(2)11-6-5-9(3)12(7-11)10(4)13/h8-12H,5-7H2,1-4H3. The summed E-state index contributed by atoms with van der Waals surface area (Å²) in [6, 6.07) is 0. The summed E-state index contributed by atoms with van der Waals surface area (Å²) in [7, 11) is 6.02. The van der Waals surface area contributed by atoms with Gasteiger partial charge < -0.3 is 0 Å². The van der Waals surface area contributed by atoms with Crippen LogP contribution < -0.4 is 0 Å². The molecule has 1 saturated carbocycles. The highest BCUT2D eigenvalue weighted by atomic mass is 14.3. The van der Waals surface area contributed by atoms with E-state index in [4.69, 9.17) is 7.85 Å². The Bertz CT molecular complexity index is 151.